The molecule has 0 radical (unpaired) electrons. The first-order valence-electron chi connectivity index (χ1n) is 7.46. The zero-order valence-corrected chi connectivity index (χ0v) is 14.9. The van der Waals surface area contributed by atoms with Gasteiger partial charge in [-0.05, 0) is 23.1 Å². The van der Waals surface area contributed by atoms with Gasteiger partial charge in [0, 0.05) is 12.9 Å². The maximum absolute atomic E-state index is 5.98. The molecule has 1 aromatic carbocycles. The van der Waals surface area contributed by atoms with Crippen LogP contribution in [-0.4, -0.2) is 34.3 Å². The van der Waals surface area contributed by atoms with E-state index in [9.17, 15) is 0 Å². The highest BCUT2D eigenvalue weighted by molar-refractivity contribution is 7.99. The molecule has 23 heavy (non-hydrogen) atoms. The molecule has 2 rings (SSSR count). The van der Waals surface area contributed by atoms with E-state index >= 15 is 0 Å². The zero-order chi connectivity index (χ0) is 16.9. The van der Waals surface area contributed by atoms with Crippen molar-refractivity contribution in [3.63, 3.8) is 0 Å². The fourth-order valence-electron chi connectivity index (χ4n) is 1.92. The summed E-state index contributed by atoms with van der Waals surface area (Å²) >= 11 is 1.50. The highest BCUT2D eigenvalue weighted by Crippen LogP contribution is 2.24. The number of hydrogen-bond acceptors (Lipinski definition) is 6. The number of methoxy groups -OCH3 is 1. The molecule has 0 aliphatic heterocycles. The van der Waals surface area contributed by atoms with Crippen LogP contribution in [0.1, 0.15) is 32.2 Å². The number of rotatable bonds is 7. The summed E-state index contributed by atoms with van der Waals surface area (Å²) in [5, 5.41) is 8.79. The molecule has 7 heteroatoms. The Morgan fingerprint density at radius 2 is 1.87 bits per heavy atom. The van der Waals surface area contributed by atoms with Gasteiger partial charge in [-0.15, -0.1) is 10.2 Å². The number of thioether (sulfide) groups is 1. The predicted octanol–water partition coefficient (Wildman–Crippen LogP) is 2.61. The van der Waals surface area contributed by atoms with Gasteiger partial charge in [0.05, 0.1) is 6.61 Å². The third-order valence-corrected chi connectivity index (χ3v) is 4.25. The summed E-state index contributed by atoms with van der Waals surface area (Å²) in [4.78, 5) is 0. The molecule has 2 N–H and O–H groups in total. The van der Waals surface area contributed by atoms with Gasteiger partial charge in [0.25, 0.3) is 0 Å². The molecule has 0 aliphatic carbocycles. The first kappa shape index (κ1) is 17.6. The molecule has 0 atom stereocenters. The van der Waals surface area contributed by atoms with Gasteiger partial charge in [-0.1, -0.05) is 44.7 Å². The van der Waals surface area contributed by atoms with E-state index in [0.717, 1.165) is 11.5 Å². The normalized spacial score (nSPS) is 11.7. The topological polar surface area (TPSA) is 75.2 Å². The molecule has 126 valence electrons. The van der Waals surface area contributed by atoms with Crippen molar-refractivity contribution in [1.29, 1.82) is 0 Å². The van der Waals surface area contributed by atoms with Gasteiger partial charge in [-0.25, -0.2) is 4.68 Å². The van der Waals surface area contributed by atoms with Crippen molar-refractivity contribution < 1.29 is 9.47 Å². The Hall–Kier alpha value is -1.73. The Morgan fingerprint density at radius 3 is 2.48 bits per heavy atom. The van der Waals surface area contributed by atoms with E-state index in [1.165, 1.54) is 22.0 Å². The van der Waals surface area contributed by atoms with Crippen LogP contribution in [0.4, 0.5) is 0 Å². The van der Waals surface area contributed by atoms with E-state index in [1.807, 2.05) is 12.1 Å². The molecule has 1 heterocycles. The molecule has 0 bridgehead atoms. The van der Waals surface area contributed by atoms with Gasteiger partial charge in [-0.3, -0.25) is 0 Å². The Labute approximate surface area is 141 Å². The van der Waals surface area contributed by atoms with Crippen molar-refractivity contribution in [2.45, 2.75) is 37.9 Å². The van der Waals surface area contributed by atoms with Crippen molar-refractivity contribution in [3.05, 3.63) is 35.7 Å². The Bertz CT molecular complexity index is 620. The smallest absolute Gasteiger partial charge is 0.209 e. The SMILES string of the molecule is COCCSc1nnc(COc2ccc(C(C)(C)C)cc2)n1N. The predicted molar refractivity (Wildman–Crippen MR) is 92.2 cm³/mol. The standard InChI is InChI=1S/C16H24N4O2S/c1-16(2,3)12-5-7-13(8-6-12)22-11-14-18-19-15(20(14)17)23-10-9-21-4/h5-8H,9-11,17H2,1-4H3. The minimum atomic E-state index is 0.129. The van der Waals surface area contributed by atoms with E-state index in [0.29, 0.717) is 17.6 Å². The number of nitrogens with two attached hydrogens (primary N) is 1. The molecule has 0 saturated heterocycles. The zero-order valence-electron chi connectivity index (χ0n) is 14.1. The summed E-state index contributed by atoms with van der Waals surface area (Å²) < 4.78 is 12.2. The summed E-state index contributed by atoms with van der Waals surface area (Å²) in [5.74, 6) is 8.13. The van der Waals surface area contributed by atoms with Crippen molar-refractivity contribution in [2.75, 3.05) is 25.3 Å². The van der Waals surface area contributed by atoms with Gasteiger partial charge in [-0.2, -0.15) is 0 Å². The van der Waals surface area contributed by atoms with Crippen molar-refractivity contribution in [1.82, 2.24) is 14.9 Å². The molecular formula is C16H24N4O2S. The van der Waals surface area contributed by atoms with Crippen LogP contribution in [0.3, 0.4) is 0 Å². The van der Waals surface area contributed by atoms with E-state index in [-0.39, 0.29) is 12.0 Å². The second-order valence-corrected chi connectivity index (χ2v) is 7.24. The van der Waals surface area contributed by atoms with E-state index < -0.39 is 0 Å². The molecule has 0 amide bonds. The molecule has 0 fully saturated rings. The molecule has 0 aliphatic rings. The second-order valence-electron chi connectivity index (χ2n) is 6.17. The highest BCUT2D eigenvalue weighted by atomic mass is 32.2. The van der Waals surface area contributed by atoms with Crippen LogP contribution in [0, 0.1) is 0 Å². The fraction of sp³-hybridized carbons (Fsp3) is 0.500. The van der Waals surface area contributed by atoms with Gasteiger partial charge in [0.15, 0.2) is 5.82 Å². The van der Waals surface area contributed by atoms with E-state index in [2.05, 4.69) is 43.1 Å². The van der Waals surface area contributed by atoms with Crippen molar-refractivity contribution >= 4 is 11.8 Å². The summed E-state index contributed by atoms with van der Waals surface area (Å²) in [6.07, 6.45) is 0. The third-order valence-electron chi connectivity index (χ3n) is 3.34. The number of aromatic nitrogens is 3. The number of nitrogens with zero attached hydrogens (tertiary/aromatic N) is 3. The summed E-state index contributed by atoms with van der Waals surface area (Å²) in [6, 6.07) is 8.08. The van der Waals surface area contributed by atoms with Gasteiger partial charge < -0.3 is 15.3 Å². The Balaban J connectivity index is 1.93. The maximum Gasteiger partial charge on any atom is 0.209 e. The molecule has 2 aromatic rings. The quantitative estimate of drug-likeness (QED) is 0.476. The third kappa shape index (κ3) is 4.87. The molecule has 6 nitrogen and oxygen atoms in total. The van der Waals surface area contributed by atoms with E-state index in [4.69, 9.17) is 15.3 Å². The summed E-state index contributed by atoms with van der Waals surface area (Å²) in [5.41, 5.74) is 1.40. The average molecular weight is 336 g/mol. The molecule has 0 saturated carbocycles. The Morgan fingerprint density at radius 1 is 1.17 bits per heavy atom. The lowest BCUT2D eigenvalue weighted by atomic mass is 9.87. The number of nitrogen functional groups attached to an aromatic ring is 1. The van der Waals surface area contributed by atoms with Crippen LogP contribution in [0.2, 0.25) is 0 Å². The minimum absolute atomic E-state index is 0.129. The average Bonchev–Trinajstić information content (AvgIpc) is 2.86. The fourth-order valence-corrected chi connectivity index (χ4v) is 2.69. The maximum atomic E-state index is 5.98. The lowest BCUT2D eigenvalue weighted by Gasteiger charge is -2.19. The lowest BCUT2D eigenvalue weighted by molar-refractivity contribution is 0.218. The van der Waals surface area contributed by atoms with Gasteiger partial charge in [0.1, 0.15) is 12.4 Å². The van der Waals surface area contributed by atoms with Crippen LogP contribution in [0.25, 0.3) is 0 Å². The Kier molecular flexibility index (Phi) is 5.90. The van der Waals surface area contributed by atoms with Gasteiger partial charge >= 0.3 is 0 Å². The monoisotopic (exact) mass is 336 g/mol. The van der Waals surface area contributed by atoms with Crippen LogP contribution in [0.15, 0.2) is 29.4 Å². The first-order valence-corrected chi connectivity index (χ1v) is 8.45. The van der Waals surface area contributed by atoms with Crippen LogP contribution in [-0.2, 0) is 16.8 Å². The van der Waals surface area contributed by atoms with Crippen LogP contribution >= 0.6 is 11.8 Å². The van der Waals surface area contributed by atoms with Crippen molar-refractivity contribution in [2.24, 2.45) is 0 Å². The molecule has 0 unspecified atom stereocenters. The van der Waals surface area contributed by atoms with Crippen LogP contribution in [0.5, 0.6) is 5.75 Å². The lowest BCUT2D eigenvalue weighted by Crippen LogP contribution is -2.16. The highest BCUT2D eigenvalue weighted by Gasteiger charge is 2.14. The summed E-state index contributed by atoms with van der Waals surface area (Å²) in [6.45, 7) is 7.47. The number of benzene rings is 1. The second kappa shape index (κ2) is 7.70. The molecular weight excluding hydrogens is 312 g/mol. The first-order chi connectivity index (χ1) is 10.9. The largest absolute Gasteiger partial charge is 0.486 e. The number of hydrogen-bond donors (Lipinski definition) is 1. The van der Waals surface area contributed by atoms with E-state index in [1.54, 1.807) is 7.11 Å². The molecule has 1 aromatic heterocycles. The molecule has 0 spiro atoms. The van der Waals surface area contributed by atoms with Gasteiger partial charge in [0.2, 0.25) is 5.16 Å². The number of ether oxygens (including phenoxy) is 2. The summed E-state index contributed by atoms with van der Waals surface area (Å²) in [7, 11) is 1.66. The van der Waals surface area contributed by atoms with Crippen molar-refractivity contribution in [3.8, 4) is 5.75 Å². The van der Waals surface area contributed by atoms with Crippen LogP contribution < -0.4 is 10.6 Å². The minimum Gasteiger partial charge on any atom is -0.486 e.